The lowest BCUT2D eigenvalue weighted by molar-refractivity contribution is -0.0974. The second kappa shape index (κ2) is 7.99. The fraction of sp³-hybridized carbons (Fsp3) is 0.533. The second-order valence-corrected chi connectivity index (χ2v) is 10.3. The summed E-state index contributed by atoms with van der Waals surface area (Å²) in [4.78, 5) is 11.9. The van der Waals surface area contributed by atoms with Crippen molar-refractivity contribution < 1.29 is 35.5 Å². The SMILES string of the molecule is COC(CNC(=O)c1cc(S(=O)(=O)[C@H]2CCS(=O)(=O)C2)ccc1F)OC. The molecule has 26 heavy (non-hydrogen) atoms. The molecule has 1 heterocycles. The van der Waals surface area contributed by atoms with E-state index in [1.807, 2.05) is 0 Å². The minimum atomic E-state index is -4.00. The lowest BCUT2D eigenvalue weighted by atomic mass is 10.2. The van der Waals surface area contributed by atoms with Crippen LogP contribution in [0.4, 0.5) is 4.39 Å². The molecule has 2 rings (SSSR count). The Labute approximate surface area is 151 Å². The summed E-state index contributed by atoms with van der Waals surface area (Å²) in [6.45, 7) is -0.0663. The molecule has 0 bridgehead atoms. The molecule has 1 aromatic rings. The molecule has 8 nitrogen and oxygen atoms in total. The van der Waals surface area contributed by atoms with Crippen molar-refractivity contribution in [3.05, 3.63) is 29.6 Å². The first-order chi connectivity index (χ1) is 12.1. The maximum absolute atomic E-state index is 14.0. The highest BCUT2D eigenvalue weighted by Crippen LogP contribution is 2.26. The Morgan fingerprint density at radius 1 is 1.35 bits per heavy atom. The summed E-state index contributed by atoms with van der Waals surface area (Å²) >= 11 is 0. The summed E-state index contributed by atoms with van der Waals surface area (Å²) in [5.74, 6) is -2.41. The van der Waals surface area contributed by atoms with Crippen molar-refractivity contribution in [2.75, 3.05) is 32.3 Å². The van der Waals surface area contributed by atoms with Crippen molar-refractivity contribution >= 4 is 25.6 Å². The lowest BCUT2D eigenvalue weighted by Gasteiger charge is -2.15. The molecular weight excluding hydrogens is 389 g/mol. The number of hydrogen-bond donors (Lipinski definition) is 1. The largest absolute Gasteiger partial charge is 0.354 e. The van der Waals surface area contributed by atoms with Gasteiger partial charge in [-0.25, -0.2) is 21.2 Å². The normalized spacial score (nSPS) is 19.6. The number of methoxy groups -OCH3 is 2. The van der Waals surface area contributed by atoms with Gasteiger partial charge in [0.1, 0.15) is 5.82 Å². The topological polar surface area (TPSA) is 116 Å². The van der Waals surface area contributed by atoms with Crippen LogP contribution in [0.3, 0.4) is 0 Å². The van der Waals surface area contributed by atoms with Crippen molar-refractivity contribution in [2.45, 2.75) is 22.9 Å². The van der Waals surface area contributed by atoms with Crippen LogP contribution in [0.1, 0.15) is 16.8 Å². The minimum Gasteiger partial charge on any atom is -0.354 e. The third-order valence-electron chi connectivity index (χ3n) is 4.10. The number of ether oxygens (including phenoxy) is 2. The van der Waals surface area contributed by atoms with Crippen LogP contribution in [0.15, 0.2) is 23.1 Å². The zero-order chi connectivity index (χ0) is 19.5. The zero-order valence-electron chi connectivity index (χ0n) is 14.3. The molecule has 1 N–H and O–H groups in total. The monoisotopic (exact) mass is 409 g/mol. The lowest BCUT2D eigenvalue weighted by Crippen LogP contribution is -2.34. The Bertz CT molecular complexity index is 879. The minimum absolute atomic E-state index is 0.0209. The number of hydrogen-bond acceptors (Lipinski definition) is 7. The second-order valence-electron chi connectivity index (χ2n) is 5.82. The number of nitrogens with one attached hydrogen (secondary N) is 1. The van der Waals surface area contributed by atoms with Crippen LogP contribution in [0.5, 0.6) is 0 Å². The van der Waals surface area contributed by atoms with E-state index in [1.54, 1.807) is 0 Å². The molecular formula is C15H20FNO7S2. The molecule has 1 aliphatic rings. The summed E-state index contributed by atoms with van der Waals surface area (Å²) in [5.41, 5.74) is -0.460. The number of sulfone groups is 2. The first kappa shape index (κ1) is 20.7. The van der Waals surface area contributed by atoms with Gasteiger partial charge in [0.15, 0.2) is 26.0 Å². The molecule has 146 valence electrons. The molecule has 1 amide bonds. The molecule has 1 aromatic carbocycles. The van der Waals surface area contributed by atoms with Gasteiger partial charge in [-0.2, -0.15) is 0 Å². The van der Waals surface area contributed by atoms with Crippen molar-refractivity contribution in [2.24, 2.45) is 0 Å². The first-order valence-corrected chi connectivity index (χ1v) is 11.0. The standard InChI is InChI=1S/C15H20FNO7S2/c1-23-14(24-2)8-17-15(18)12-7-10(3-4-13(12)16)26(21,22)11-5-6-25(19,20)9-11/h3-4,7,11,14H,5-6,8-9H2,1-2H3,(H,17,18)/t11-/m0/s1. The van der Waals surface area contributed by atoms with Crippen molar-refractivity contribution in [3.8, 4) is 0 Å². The van der Waals surface area contributed by atoms with Crippen LogP contribution in [0, 0.1) is 5.82 Å². The predicted octanol–water partition coefficient (Wildman–Crippen LogP) is 0.135. The van der Waals surface area contributed by atoms with Gasteiger partial charge in [-0.15, -0.1) is 0 Å². The van der Waals surface area contributed by atoms with E-state index in [0.717, 1.165) is 18.2 Å². The number of carbonyl (C=O) groups excluding carboxylic acids is 1. The summed E-state index contributed by atoms with van der Waals surface area (Å²) in [7, 11) is -4.67. The molecule has 1 aliphatic heterocycles. The Morgan fingerprint density at radius 2 is 2.00 bits per heavy atom. The van der Waals surface area contributed by atoms with Crippen molar-refractivity contribution in [1.82, 2.24) is 5.32 Å². The van der Waals surface area contributed by atoms with E-state index in [0.29, 0.717) is 0 Å². The van der Waals surface area contributed by atoms with Crippen molar-refractivity contribution in [3.63, 3.8) is 0 Å². The molecule has 11 heteroatoms. The van der Waals surface area contributed by atoms with Gasteiger partial charge in [0.2, 0.25) is 0 Å². The third-order valence-corrected chi connectivity index (χ3v) is 8.27. The predicted molar refractivity (Wildman–Crippen MR) is 90.8 cm³/mol. The average Bonchev–Trinajstić information content (AvgIpc) is 2.96. The molecule has 0 aliphatic carbocycles. The van der Waals surface area contributed by atoms with E-state index < -0.39 is 54.3 Å². The maximum atomic E-state index is 14.0. The summed E-state index contributed by atoms with van der Waals surface area (Å²) in [5, 5.41) is 1.29. The van der Waals surface area contributed by atoms with Gasteiger partial charge in [0, 0.05) is 14.2 Å². The van der Waals surface area contributed by atoms with E-state index in [-0.39, 0.29) is 23.6 Å². The van der Waals surface area contributed by atoms with Gasteiger partial charge in [0.05, 0.1) is 33.8 Å². The Hall–Kier alpha value is -1.56. The fourth-order valence-electron chi connectivity index (χ4n) is 2.59. The molecule has 0 unspecified atom stereocenters. The number of halogens is 1. The smallest absolute Gasteiger partial charge is 0.254 e. The Morgan fingerprint density at radius 3 is 2.54 bits per heavy atom. The Balaban J connectivity index is 2.25. The van der Waals surface area contributed by atoms with Gasteiger partial charge < -0.3 is 14.8 Å². The van der Waals surface area contributed by atoms with E-state index in [9.17, 15) is 26.0 Å². The summed E-state index contributed by atoms with van der Waals surface area (Å²) in [6.07, 6.45) is -0.759. The van der Waals surface area contributed by atoms with Gasteiger partial charge >= 0.3 is 0 Å². The average molecular weight is 409 g/mol. The fourth-order valence-corrected chi connectivity index (χ4v) is 6.97. The molecule has 0 radical (unpaired) electrons. The molecule has 0 saturated carbocycles. The summed E-state index contributed by atoms with van der Waals surface area (Å²) < 4.78 is 72.1. The van der Waals surface area contributed by atoms with Crippen LogP contribution >= 0.6 is 0 Å². The zero-order valence-corrected chi connectivity index (χ0v) is 15.9. The van der Waals surface area contributed by atoms with Crippen LogP contribution in [0.25, 0.3) is 0 Å². The molecule has 0 spiro atoms. The highest BCUT2D eigenvalue weighted by molar-refractivity contribution is 7.96. The van der Waals surface area contributed by atoms with Crippen LogP contribution in [-0.2, 0) is 29.1 Å². The van der Waals surface area contributed by atoms with Gasteiger partial charge in [-0.1, -0.05) is 0 Å². The van der Waals surface area contributed by atoms with Crippen LogP contribution < -0.4 is 5.32 Å². The Kier molecular flexibility index (Phi) is 6.37. The molecule has 1 saturated heterocycles. The summed E-state index contributed by atoms with van der Waals surface area (Å²) in [6, 6.07) is 2.81. The molecule has 1 fully saturated rings. The van der Waals surface area contributed by atoms with E-state index in [4.69, 9.17) is 9.47 Å². The van der Waals surface area contributed by atoms with E-state index in [1.165, 1.54) is 14.2 Å². The van der Waals surface area contributed by atoms with Gasteiger partial charge in [-0.05, 0) is 24.6 Å². The van der Waals surface area contributed by atoms with Crippen molar-refractivity contribution in [1.29, 1.82) is 0 Å². The highest BCUT2D eigenvalue weighted by Gasteiger charge is 2.38. The molecule has 1 atom stereocenters. The van der Waals surface area contributed by atoms with Gasteiger partial charge in [0.25, 0.3) is 5.91 Å². The number of rotatable bonds is 7. The quantitative estimate of drug-likeness (QED) is 0.503. The maximum Gasteiger partial charge on any atom is 0.254 e. The number of benzene rings is 1. The highest BCUT2D eigenvalue weighted by atomic mass is 32.2. The first-order valence-electron chi connectivity index (χ1n) is 7.68. The van der Waals surface area contributed by atoms with E-state index in [2.05, 4.69) is 5.32 Å². The van der Waals surface area contributed by atoms with Gasteiger partial charge in [-0.3, -0.25) is 4.79 Å². The van der Waals surface area contributed by atoms with E-state index >= 15 is 0 Å². The van der Waals surface area contributed by atoms with Crippen LogP contribution in [0.2, 0.25) is 0 Å². The van der Waals surface area contributed by atoms with Crippen LogP contribution in [-0.4, -0.2) is 66.6 Å². The third kappa shape index (κ3) is 4.58. The molecule has 0 aromatic heterocycles. The number of carbonyl (C=O) groups is 1. The number of amides is 1.